The van der Waals surface area contributed by atoms with E-state index in [-0.39, 0.29) is 42.2 Å². The van der Waals surface area contributed by atoms with Crippen molar-refractivity contribution in [3.8, 4) is 67.8 Å². The van der Waals surface area contributed by atoms with Crippen molar-refractivity contribution in [1.29, 1.82) is 0 Å². The normalized spacial score (nSPS) is 11.9. The Morgan fingerprint density at radius 2 is 0.685 bits per heavy atom. The molecule has 1 aliphatic carbocycles. The molecule has 8 amide bonds. The maximum Gasteiger partial charge on any atom is 0.416 e. The van der Waals surface area contributed by atoms with Crippen molar-refractivity contribution in [1.82, 2.24) is 104 Å². The molecule has 33 nitrogen and oxygen atoms in total. The van der Waals surface area contributed by atoms with Crippen LogP contribution in [-0.4, -0.2) is 136 Å². The molecule has 0 unspecified atom stereocenters. The Hall–Kier alpha value is -15.9. The molecule has 0 radical (unpaired) electrons. The standard InChI is InChI=1S/C28H34N6O2.C27H31N7O2.C27H32N6O2.C25H25F3N6O2/c1-19-25(22-16-30-33(5)17-22)32-34(23-10-8-7-9-11-23)26(19)31-27(35)29-15-21-14-20(18-36-6)12-13-24(21)28(2,3)4;1-18-25(21-14-30-33(2)16-21)32-34(23-10-5-4-6-11-23)26(18)31-27(35)29-13-20-12-22(17-36-3)28-15-24(20)19-8-7-9-19;1-18(2)24-12-11-20(17-35-5)13-21(24)14-28-27(34)30-26-19(3)25(22-15-29-32(4)16-22)31-33(26)23-9-7-6-8-10-23;1-16-22(19-13-30-33(2)14-19)32-34(20-7-5-4-6-8-20)23(16)31-24(35)29-12-18-11-17(15-36-3)9-10-21(18)25(26,27)28/h7-14,16-17H,15,18H2,1-6H3,(H2,29,31,35);4-6,10-12,14-16,19H,7-9,13,17H2,1-3H3,(H2,29,31,35);6-13,15-16,18H,14,17H2,1-5H3,(H2,28,30,34);4-11,13-14H,12,15H2,1-3H3,(H2,29,31,35). The van der Waals surface area contributed by atoms with E-state index in [2.05, 4.69) is 144 Å². The molecule has 0 spiro atoms. The van der Waals surface area contributed by atoms with Crippen LogP contribution in [0, 0.1) is 27.7 Å². The van der Waals surface area contributed by atoms with Gasteiger partial charge in [0.15, 0.2) is 0 Å². The highest BCUT2D eigenvalue weighted by molar-refractivity contribution is 5.94. The molecule has 0 bridgehead atoms. The van der Waals surface area contributed by atoms with Gasteiger partial charge < -0.3 is 40.2 Å². The third-order valence-corrected chi connectivity index (χ3v) is 24.2. The minimum atomic E-state index is -4.56. The molecule has 17 rings (SSSR count). The highest BCUT2D eigenvalue weighted by Gasteiger charge is 2.35. The average molecular weight is 1940 g/mol. The number of aryl methyl sites for hydroxylation is 4. The first-order valence-corrected chi connectivity index (χ1v) is 46.9. The molecule has 744 valence electrons. The zero-order chi connectivity index (χ0) is 102. The maximum atomic E-state index is 13.5. The second-order valence-corrected chi connectivity index (χ2v) is 36.3. The Morgan fingerprint density at radius 3 is 0.972 bits per heavy atom. The topological polar surface area (TPSA) is 357 Å². The van der Waals surface area contributed by atoms with Gasteiger partial charge >= 0.3 is 30.3 Å². The van der Waals surface area contributed by atoms with Crippen LogP contribution in [0.5, 0.6) is 0 Å². The lowest BCUT2D eigenvalue weighted by Crippen LogP contribution is -2.30. The van der Waals surface area contributed by atoms with Gasteiger partial charge in [0, 0.05) is 158 Å². The molecule has 8 N–H and O–H groups in total. The highest BCUT2D eigenvalue weighted by Crippen LogP contribution is 2.41. The number of nitrogens with one attached hydrogen (secondary N) is 8. The van der Waals surface area contributed by atoms with Gasteiger partial charge in [0.25, 0.3) is 0 Å². The number of para-hydroxylation sites is 4. The number of rotatable bonds is 30. The Bertz CT molecular complexity index is 6830. The van der Waals surface area contributed by atoms with Crippen LogP contribution in [0.15, 0.2) is 238 Å². The molecule has 9 aromatic heterocycles. The quantitative estimate of drug-likeness (QED) is 0.0207. The number of alkyl halides is 3. The summed E-state index contributed by atoms with van der Waals surface area (Å²) < 4.78 is 75.1. The van der Waals surface area contributed by atoms with Gasteiger partial charge in [-0.3, -0.25) is 45.0 Å². The van der Waals surface area contributed by atoms with Crippen molar-refractivity contribution >= 4 is 47.4 Å². The lowest BCUT2D eigenvalue weighted by molar-refractivity contribution is -0.138. The minimum Gasteiger partial charge on any atom is -0.380 e. The maximum absolute atomic E-state index is 13.5. The number of benzene rings is 7. The van der Waals surface area contributed by atoms with Gasteiger partial charge in [-0.25, -0.2) is 37.9 Å². The minimum absolute atomic E-state index is 0.0553. The van der Waals surface area contributed by atoms with E-state index in [1.54, 1.807) is 104 Å². The van der Waals surface area contributed by atoms with Crippen LogP contribution in [0.4, 0.5) is 55.6 Å². The molecule has 7 aromatic carbocycles. The number of ether oxygens (including phenoxy) is 4. The van der Waals surface area contributed by atoms with E-state index in [0.717, 1.165) is 126 Å². The van der Waals surface area contributed by atoms with Crippen molar-refractivity contribution < 1.29 is 51.3 Å². The number of halogens is 3. The zero-order valence-corrected chi connectivity index (χ0v) is 83.5. The molecule has 1 fully saturated rings. The molecule has 1 aliphatic rings. The summed E-state index contributed by atoms with van der Waals surface area (Å²) in [5.41, 5.74) is 22.4. The summed E-state index contributed by atoms with van der Waals surface area (Å²) in [7, 11) is 13.9. The predicted octanol–water partition coefficient (Wildman–Crippen LogP) is 20.3. The molecule has 1 saturated carbocycles. The summed E-state index contributed by atoms with van der Waals surface area (Å²) in [6.45, 7) is 21.0. The highest BCUT2D eigenvalue weighted by atomic mass is 19.4. The number of hydrogen-bond donors (Lipinski definition) is 8. The summed E-state index contributed by atoms with van der Waals surface area (Å²) in [6, 6.07) is 55.3. The number of pyridine rings is 1. The summed E-state index contributed by atoms with van der Waals surface area (Å²) in [5, 5.41) is 59.7. The van der Waals surface area contributed by atoms with Gasteiger partial charge in [0.2, 0.25) is 0 Å². The molecule has 0 aliphatic heterocycles. The molecule has 0 saturated heterocycles. The number of anilines is 4. The van der Waals surface area contributed by atoms with Crippen LogP contribution in [0.1, 0.15) is 155 Å². The van der Waals surface area contributed by atoms with Crippen LogP contribution < -0.4 is 42.5 Å². The fourth-order valence-corrected chi connectivity index (χ4v) is 16.9. The Morgan fingerprint density at radius 1 is 0.385 bits per heavy atom. The second-order valence-electron chi connectivity index (χ2n) is 36.3. The van der Waals surface area contributed by atoms with Gasteiger partial charge in [0.05, 0.1) is 85.2 Å². The van der Waals surface area contributed by atoms with E-state index >= 15 is 0 Å². The van der Waals surface area contributed by atoms with Crippen LogP contribution in [0.3, 0.4) is 0 Å². The molecule has 16 aromatic rings. The largest absolute Gasteiger partial charge is 0.416 e. The lowest BCUT2D eigenvalue weighted by atomic mass is 9.79. The Labute approximate surface area is 829 Å². The molecule has 0 atom stereocenters. The first-order valence-electron chi connectivity index (χ1n) is 46.9. The number of carbonyl (C=O) groups is 4. The molecule has 36 heteroatoms. The number of aromatic nitrogens is 17. The van der Waals surface area contributed by atoms with Crippen molar-refractivity contribution in [2.24, 2.45) is 28.2 Å². The first-order chi connectivity index (χ1) is 68.7. The Balaban J connectivity index is 0.000000151. The molecular formula is C107H122F3N25O8. The monoisotopic (exact) mass is 1940 g/mol. The second kappa shape index (κ2) is 46.9. The van der Waals surface area contributed by atoms with Crippen LogP contribution >= 0.6 is 0 Å². The van der Waals surface area contributed by atoms with E-state index in [1.807, 2.05) is 194 Å². The van der Waals surface area contributed by atoms with E-state index in [4.69, 9.17) is 34.2 Å². The summed E-state index contributed by atoms with van der Waals surface area (Å²) >= 11 is 0. The fourth-order valence-electron chi connectivity index (χ4n) is 16.9. The van der Waals surface area contributed by atoms with Crippen molar-refractivity contribution in [3.63, 3.8) is 0 Å². The first kappa shape index (κ1) is 103. The summed E-state index contributed by atoms with van der Waals surface area (Å²) in [4.78, 5) is 56.7. The number of urea groups is 4. The van der Waals surface area contributed by atoms with Crippen LogP contribution in [0.2, 0.25) is 0 Å². The number of hydrogen-bond acceptors (Lipinski definition) is 17. The third-order valence-electron chi connectivity index (χ3n) is 24.2. The van der Waals surface area contributed by atoms with Gasteiger partial charge in [-0.15, -0.1) is 0 Å². The van der Waals surface area contributed by atoms with E-state index in [0.29, 0.717) is 97.1 Å². The molecule has 9 heterocycles. The van der Waals surface area contributed by atoms with Gasteiger partial charge in [0.1, 0.15) is 46.0 Å². The third kappa shape index (κ3) is 25.8. The van der Waals surface area contributed by atoms with E-state index < -0.39 is 17.8 Å². The number of methoxy groups -OCH3 is 4. The van der Waals surface area contributed by atoms with Crippen molar-refractivity contribution in [2.45, 2.75) is 158 Å². The van der Waals surface area contributed by atoms with Crippen molar-refractivity contribution in [3.05, 3.63) is 327 Å². The smallest absolute Gasteiger partial charge is 0.380 e. The van der Waals surface area contributed by atoms with E-state index in [9.17, 15) is 32.3 Å². The number of nitrogens with zero attached hydrogens (tertiary/aromatic N) is 17. The van der Waals surface area contributed by atoms with E-state index in [1.165, 1.54) is 42.4 Å². The zero-order valence-electron chi connectivity index (χ0n) is 83.5. The van der Waals surface area contributed by atoms with Crippen LogP contribution in [0.25, 0.3) is 67.8 Å². The lowest BCUT2D eigenvalue weighted by Gasteiger charge is -2.28. The van der Waals surface area contributed by atoms with Gasteiger partial charge in [-0.2, -0.15) is 54.0 Å². The number of amides is 8. The average Bonchev–Trinajstić information content (AvgIpc) is 1.59. The summed E-state index contributed by atoms with van der Waals surface area (Å²) in [6.07, 6.45) is 15.5. The summed E-state index contributed by atoms with van der Waals surface area (Å²) in [5.74, 6) is 3.09. The predicted molar refractivity (Wildman–Crippen MR) is 546 cm³/mol. The number of carbonyl (C=O) groups excluding carboxylic acids is 4. The molecular weight excluding hydrogens is 1820 g/mol. The van der Waals surface area contributed by atoms with Gasteiger partial charge in [-0.1, -0.05) is 162 Å². The Kier molecular flexibility index (Phi) is 33.8. The molecule has 143 heavy (non-hydrogen) atoms. The SMILES string of the molecule is COCc1cc(CNC(=O)Nc2c(C)c(-c3cnn(C)c3)nn2-c2ccccc2)c(C2CCC2)cn1.COCc1ccc(C(C)(C)C)c(CNC(=O)Nc2c(C)c(-c3cnn(C)c3)nn2-c2ccccc2)c1.COCc1ccc(C(C)C)c(CNC(=O)Nc2c(C)c(-c3cnn(C)c3)nn2-c2ccccc2)c1.COCc1ccc(C(F)(F)F)c(CNC(=O)Nc2c(C)c(-c3cnn(C)c3)nn2-c2ccccc2)c1. The van der Waals surface area contributed by atoms with Crippen LogP contribution in [-0.2, 0) is 111 Å². The van der Waals surface area contributed by atoms with Gasteiger partial charge in [-0.05, 0) is 174 Å². The van der Waals surface area contributed by atoms with Crippen molar-refractivity contribution in [2.75, 3.05) is 49.7 Å². The fraction of sp³-hybridized carbons (Fsp3) is 0.299.